The lowest BCUT2D eigenvalue weighted by atomic mass is 9.96. The van der Waals surface area contributed by atoms with Crippen molar-refractivity contribution in [3.05, 3.63) is 102 Å². The normalized spacial score (nSPS) is 14.2. The summed E-state index contributed by atoms with van der Waals surface area (Å²) in [5.41, 5.74) is 3.86. The first-order valence-electron chi connectivity index (χ1n) is 10.5. The van der Waals surface area contributed by atoms with E-state index in [2.05, 4.69) is 5.32 Å². The van der Waals surface area contributed by atoms with Gasteiger partial charge in [-0.15, -0.1) is 0 Å². The number of anilines is 1. The average Bonchev–Trinajstić information content (AvgIpc) is 2.81. The van der Waals surface area contributed by atoms with Crippen LogP contribution < -0.4 is 10.2 Å². The Balaban J connectivity index is 1.66. The summed E-state index contributed by atoms with van der Waals surface area (Å²) in [5.74, 6) is -0.170. The van der Waals surface area contributed by atoms with Crippen molar-refractivity contribution in [2.24, 2.45) is 0 Å². The molecule has 0 unspecified atom stereocenters. The number of amides is 2. The van der Waals surface area contributed by atoms with E-state index in [1.54, 1.807) is 4.90 Å². The van der Waals surface area contributed by atoms with Gasteiger partial charge in [0.15, 0.2) is 0 Å². The second-order valence-corrected chi connectivity index (χ2v) is 7.99. The van der Waals surface area contributed by atoms with Crippen LogP contribution >= 0.6 is 0 Å². The van der Waals surface area contributed by atoms with Crippen LogP contribution in [0.2, 0.25) is 0 Å². The van der Waals surface area contributed by atoms with Crippen LogP contribution in [0.5, 0.6) is 0 Å². The molecular weight excluding hydrogens is 386 g/mol. The summed E-state index contributed by atoms with van der Waals surface area (Å²) in [6, 6.07) is 26.7. The minimum Gasteiger partial charge on any atom is -0.378 e. The zero-order valence-corrected chi connectivity index (χ0v) is 17.9. The van der Waals surface area contributed by atoms with Gasteiger partial charge in [0.25, 0.3) is 0 Å². The summed E-state index contributed by atoms with van der Waals surface area (Å²) >= 11 is 0. The molecule has 0 spiro atoms. The van der Waals surface area contributed by atoms with Crippen LogP contribution in [0.3, 0.4) is 0 Å². The average molecular weight is 414 g/mol. The van der Waals surface area contributed by atoms with Gasteiger partial charge in [0.2, 0.25) is 11.8 Å². The highest BCUT2D eigenvalue weighted by Gasteiger charge is 2.37. The Kier molecular flexibility index (Phi) is 6.03. The summed E-state index contributed by atoms with van der Waals surface area (Å²) in [5, 5.41) is 3.21. The largest absolute Gasteiger partial charge is 0.378 e. The smallest absolute Gasteiger partial charge is 0.248 e. The van der Waals surface area contributed by atoms with Crippen molar-refractivity contribution >= 4 is 17.5 Å². The standard InChI is InChI=1S/C26H27N3O2/c1-28(2)22-15-13-21(14-16-22)25(29-18-17-23(29)30)26(31)27-24(19-9-5-3-6-10-19)20-11-7-4-8-12-20/h3-16,24-25H,17-18H2,1-2H3,(H,27,31)/t25-/m0/s1. The second kappa shape index (κ2) is 9.04. The Morgan fingerprint density at radius 1 is 0.839 bits per heavy atom. The molecule has 0 radical (unpaired) electrons. The molecule has 1 N–H and O–H groups in total. The van der Waals surface area contributed by atoms with Gasteiger partial charge in [-0.3, -0.25) is 9.59 Å². The number of hydrogen-bond acceptors (Lipinski definition) is 3. The lowest BCUT2D eigenvalue weighted by Crippen LogP contribution is -2.51. The molecule has 1 heterocycles. The van der Waals surface area contributed by atoms with Crippen molar-refractivity contribution in [3.8, 4) is 0 Å². The highest BCUT2D eigenvalue weighted by atomic mass is 16.2. The van der Waals surface area contributed by atoms with Crippen molar-refractivity contribution in [1.82, 2.24) is 10.2 Å². The minimum absolute atomic E-state index is 0.00723. The maximum absolute atomic E-state index is 13.6. The first-order valence-corrected chi connectivity index (χ1v) is 10.5. The Labute approximate surface area is 183 Å². The predicted octanol–water partition coefficient (Wildman–Crippen LogP) is 3.93. The summed E-state index contributed by atoms with van der Waals surface area (Å²) in [4.78, 5) is 29.5. The third-order valence-corrected chi connectivity index (χ3v) is 5.72. The molecule has 1 aliphatic heterocycles. The number of likely N-dealkylation sites (tertiary alicyclic amines) is 1. The van der Waals surface area contributed by atoms with Crippen LogP contribution in [0.15, 0.2) is 84.9 Å². The fourth-order valence-corrected chi connectivity index (χ4v) is 3.90. The highest BCUT2D eigenvalue weighted by Crippen LogP contribution is 2.30. The molecule has 0 bridgehead atoms. The maximum atomic E-state index is 13.6. The molecule has 5 heteroatoms. The number of nitrogens with one attached hydrogen (secondary N) is 1. The van der Waals surface area contributed by atoms with Crippen molar-refractivity contribution < 1.29 is 9.59 Å². The van der Waals surface area contributed by atoms with Crippen molar-refractivity contribution in [1.29, 1.82) is 0 Å². The van der Waals surface area contributed by atoms with Gasteiger partial charge < -0.3 is 15.1 Å². The van der Waals surface area contributed by atoms with E-state index in [1.807, 2.05) is 104 Å². The molecule has 4 rings (SSSR count). The van der Waals surface area contributed by atoms with Crippen LogP contribution in [0, 0.1) is 0 Å². The fraction of sp³-hybridized carbons (Fsp3) is 0.231. The first-order chi connectivity index (χ1) is 15.0. The SMILES string of the molecule is CN(C)c1ccc([C@@H](C(=O)NC(c2ccccc2)c2ccccc2)N2CCC2=O)cc1. The molecule has 0 aromatic heterocycles. The molecule has 5 nitrogen and oxygen atoms in total. The summed E-state index contributed by atoms with van der Waals surface area (Å²) in [6.07, 6.45) is 0.486. The topological polar surface area (TPSA) is 52.7 Å². The van der Waals surface area contributed by atoms with Crippen molar-refractivity contribution in [2.75, 3.05) is 25.5 Å². The molecule has 2 amide bonds. The van der Waals surface area contributed by atoms with E-state index < -0.39 is 6.04 Å². The zero-order chi connectivity index (χ0) is 21.8. The predicted molar refractivity (Wildman–Crippen MR) is 123 cm³/mol. The lowest BCUT2D eigenvalue weighted by Gasteiger charge is -2.38. The zero-order valence-electron chi connectivity index (χ0n) is 17.9. The van der Waals surface area contributed by atoms with Gasteiger partial charge in [0.1, 0.15) is 6.04 Å². The van der Waals surface area contributed by atoms with E-state index in [-0.39, 0.29) is 17.9 Å². The first kappa shape index (κ1) is 20.7. The molecule has 3 aromatic rings. The van der Waals surface area contributed by atoms with Gasteiger partial charge in [-0.1, -0.05) is 72.8 Å². The van der Waals surface area contributed by atoms with Gasteiger partial charge >= 0.3 is 0 Å². The lowest BCUT2D eigenvalue weighted by molar-refractivity contribution is -0.149. The van der Waals surface area contributed by atoms with Crippen LogP contribution in [0.25, 0.3) is 0 Å². The van der Waals surface area contributed by atoms with Gasteiger partial charge in [-0.05, 0) is 28.8 Å². The maximum Gasteiger partial charge on any atom is 0.248 e. The number of benzene rings is 3. The van der Waals surface area contributed by atoms with Crippen LogP contribution in [-0.4, -0.2) is 37.4 Å². The highest BCUT2D eigenvalue weighted by molar-refractivity contribution is 5.91. The van der Waals surface area contributed by atoms with E-state index in [0.29, 0.717) is 13.0 Å². The Morgan fingerprint density at radius 3 is 1.81 bits per heavy atom. The molecule has 1 aliphatic rings. The van der Waals surface area contributed by atoms with E-state index in [4.69, 9.17) is 0 Å². The molecule has 158 valence electrons. The molecule has 1 atom stereocenters. The Bertz CT molecular complexity index is 994. The van der Waals surface area contributed by atoms with Gasteiger partial charge in [0.05, 0.1) is 6.04 Å². The molecule has 31 heavy (non-hydrogen) atoms. The van der Waals surface area contributed by atoms with E-state index >= 15 is 0 Å². The summed E-state index contributed by atoms with van der Waals surface area (Å²) < 4.78 is 0. The van der Waals surface area contributed by atoms with Gasteiger partial charge in [-0.25, -0.2) is 0 Å². The van der Waals surface area contributed by atoms with E-state index in [0.717, 1.165) is 22.4 Å². The Hall–Kier alpha value is -3.60. The van der Waals surface area contributed by atoms with Crippen LogP contribution in [0.1, 0.15) is 35.2 Å². The number of carbonyl (C=O) groups excluding carboxylic acids is 2. The van der Waals surface area contributed by atoms with Crippen molar-refractivity contribution in [2.45, 2.75) is 18.5 Å². The van der Waals surface area contributed by atoms with Crippen molar-refractivity contribution in [3.63, 3.8) is 0 Å². The molecule has 1 saturated heterocycles. The number of rotatable bonds is 7. The summed E-state index contributed by atoms with van der Waals surface area (Å²) in [7, 11) is 3.95. The van der Waals surface area contributed by atoms with Gasteiger partial charge in [-0.2, -0.15) is 0 Å². The Morgan fingerprint density at radius 2 is 1.39 bits per heavy atom. The van der Waals surface area contributed by atoms with Gasteiger partial charge in [0, 0.05) is 32.7 Å². The minimum atomic E-state index is -0.646. The fourth-order valence-electron chi connectivity index (χ4n) is 3.90. The third-order valence-electron chi connectivity index (χ3n) is 5.72. The number of hydrogen-bond donors (Lipinski definition) is 1. The molecule has 3 aromatic carbocycles. The third kappa shape index (κ3) is 4.45. The van der Waals surface area contributed by atoms with E-state index in [1.165, 1.54) is 0 Å². The molecule has 0 aliphatic carbocycles. The van der Waals surface area contributed by atoms with Crippen LogP contribution in [0.4, 0.5) is 5.69 Å². The quantitative estimate of drug-likeness (QED) is 0.597. The van der Waals surface area contributed by atoms with E-state index in [9.17, 15) is 9.59 Å². The number of β-lactam (4-membered cyclic amide) rings is 1. The van der Waals surface area contributed by atoms with Crippen LogP contribution in [-0.2, 0) is 9.59 Å². The summed E-state index contributed by atoms with van der Waals surface area (Å²) in [6.45, 7) is 0.591. The number of carbonyl (C=O) groups is 2. The molecule has 0 saturated carbocycles. The molecule has 1 fully saturated rings. The molecular formula is C26H27N3O2. The number of nitrogens with zero attached hydrogens (tertiary/aromatic N) is 2. The second-order valence-electron chi connectivity index (χ2n) is 7.99. The monoisotopic (exact) mass is 413 g/mol.